The number of hydrogen-bond acceptors (Lipinski definition) is 6. The smallest absolute Gasteiger partial charge is 0.361 e. The molecule has 0 aliphatic carbocycles. The van der Waals surface area contributed by atoms with Crippen LogP contribution in [0.1, 0.15) is 34.6 Å². The lowest BCUT2D eigenvalue weighted by atomic mass is 10.0. The first-order chi connectivity index (χ1) is 16.1. The van der Waals surface area contributed by atoms with Gasteiger partial charge in [-0.15, -0.1) is 0 Å². The van der Waals surface area contributed by atoms with E-state index in [0.29, 0.717) is 16.6 Å². The van der Waals surface area contributed by atoms with Gasteiger partial charge in [0.15, 0.2) is 11.6 Å². The van der Waals surface area contributed by atoms with Crippen LogP contribution in [0.5, 0.6) is 5.75 Å². The maximum atomic E-state index is 14.1. The Morgan fingerprint density at radius 2 is 1.79 bits per heavy atom. The quantitative estimate of drug-likeness (QED) is 0.261. The molecular weight excluding hydrogens is 478 g/mol. The summed E-state index contributed by atoms with van der Waals surface area (Å²) in [6, 6.07) is 8.72. The summed E-state index contributed by atoms with van der Waals surface area (Å²) in [4.78, 5) is 4.24. The van der Waals surface area contributed by atoms with Crippen LogP contribution in [0.3, 0.4) is 0 Å². The summed E-state index contributed by atoms with van der Waals surface area (Å²) in [5, 5.41) is 0.404. The fraction of sp³-hybridized carbons (Fsp3) is 0.320. The standard InChI is InChI=1S/C25H31ClFN2O4P/c1-7-21(27)24(26)23(16(4)5)17(6)33-22-14-19(15-29-25(22)28)18-10-12-20(13-11-18)34(30,31-8-2)32-9-3/h7,10-15,17H,1,8-9H2,2-6H3,(H2,28,29)/b24-21-/t17-/m1/s1. The Hall–Kier alpha value is -2.44. The fourth-order valence-corrected chi connectivity index (χ4v) is 5.33. The van der Waals surface area contributed by atoms with Gasteiger partial charge in [0.1, 0.15) is 11.9 Å². The Bertz CT molecular complexity index is 1120. The Morgan fingerprint density at radius 3 is 2.29 bits per heavy atom. The second kappa shape index (κ2) is 12.3. The molecule has 1 aromatic heterocycles. The van der Waals surface area contributed by atoms with Crippen LogP contribution in [0.15, 0.2) is 71.2 Å². The van der Waals surface area contributed by atoms with E-state index in [4.69, 9.17) is 31.1 Å². The van der Waals surface area contributed by atoms with Gasteiger partial charge in [0, 0.05) is 17.3 Å². The maximum Gasteiger partial charge on any atom is 0.361 e. The van der Waals surface area contributed by atoms with Gasteiger partial charge in [-0.05, 0) is 64.5 Å². The van der Waals surface area contributed by atoms with Crippen LogP contribution in [0.25, 0.3) is 11.1 Å². The molecule has 2 aromatic rings. The molecule has 0 unspecified atom stereocenters. The Kier molecular flexibility index (Phi) is 10.1. The zero-order valence-corrected chi connectivity index (χ0v) is 21.8. The molecular formula is C25H31ClFN2O4P. The Morgan fingerprint density at radius 1 is 1.21 bits per heavy atom. The SMILES string of the molecule is C=C/C(F)=C(/Cl)C(=C(C)C)[C@@H](C)Oc1cc(-c2ccc(P(=O)(OCC)OCC)cc2)cnc1N. The molecule has 0 radical (unpaired) electrons. The number of halogens is 2. The van der Waals surface area contributed by atoms with E-state index >= 15 is 0 Å². The van der Waals surface area contributed by atoms with Crippen LogP contribution in [-0.4, -0.2) is 24.3 Å². The van der Waals surface area contributed by atoms with E-state index in [-0.39, 0.29) is 24.1 Å². The van der Waals surface area contributed by atoms with E-state index in [1.54, 1.807) is 57.3 Å². The number of nitrogens with zero attached hydrogens (tertiary/aromatic N) is 1. The van der Waals surface area contributed by atoms with Crippen LogP contribution < -0.4 is 15.8 Å². The predicted molar refractivity (Wildman–Crippen MR) is 137 cm³/mol. The van der Waals surface area contributed by atoms with E-state index in [1.807, 2.05) is 13.8 Å². The van der Waals surface area contributed by atoms with Gasteiger partial charge in [-0.1, -0.05) is 35.9 Å². The van der Waals surface area contributed by atoms with Gasteiger partial charge >= 0.3 is 7.60 Å². The van der Waals surface area contributed by atoms with Crippen LogP contribution in [0, 0.1) is 0 Å². The molecule has 0 bridgehead atoms. The normalized spacial score (nSPS) is 13.1. The molecule has 2 N–H and O–H groups in total. The van der Waals surface area contributed by atoms with Crippen molar-refractivity contribution in [3.8, 4) is 16.9 Å². The lowest BCUT2D eigenvalue weighted by molar-refractivity contribution is 0.230. The van der Waals surface area contributed by atoms with Crippen molar-refractivity contribution in [1.82, 2.24) is 4.98 Å². The van der Waals surface area contributed by atoms with E-state index in [1.165, 1.54) is 0 Å². The zero-order chi connectivity index (χ0) is 25.5. The van der Waals surface area contributed by atoms with Crippen LogP contribution >= 0.6 is 19.2 Å². The Labute approximate surface area is 205 Å². The molecule has 2 rings (SSSR count). The predicted octanol–water partition coefficient (Wildman–Crippen LogP) is 6.93. The highest BCUT2D eigenvalue weighted by atomic mass is 35.5. The van der Waals surface area contributed by atoms with Gasteiger partial charge in [-0.3, -0.25) is 4.57 Å². The van der Waals surface area contributed by atoms with Crippen molar-refractivity contribution in [2.24, 2.45) is 0 Å². The monoisotopic (exact) mass is 508 g/mol. The molecule has 0 aliphatic rings. The summed E-state index contributed by atoms with van der Waals surface area (Å²) in [6.45, 7) is 12.9. The van der Waals surface area contributed by atoms with Crippen LogP contribution in [0.2, 0.25) is 0 Å². The molecule has 9 heteroatoms. The van der Waals surface area contributed by atoms with Gasteiger partial charge in [-0.2, -0.15) is 0 Å². The van der Waals surface area contributed by atoms with Crippen molar-refractivity contribution >= 4 is 30.3 Å². The largest absolute Gasteiger partial charge is 0.482 e. The molecule has 1 aromatic carbocycles. The first-order valence-corrected chi connectivity index (χ1v) is 12.8. The minimum atomic E-state index is -3.38. The lowest BCUT2D eigenvalue weighted by Gasteiger charge is -2.21. The van der Waals surface area contributed by atoms with Crippen molar-refractivity contribution in [3.63, 3.8) is 0 Å². The van der Waals surface area contributed by atoms with E-state index < -0.39 is 19.5 Å². The van der Waals surface area contributed by atoms with Gasteiger partial charge in [0.25, 0.3) is 0 Å². The molecule has 6 nitrogen and oxygen atoms in total. The van der Waals surface area contributed by atoms with Gasteiger partial charge in [0.05, 0.1) is 23.6 Å². The molecule has 1 heterocycles. The van der Waals surface area contributed by atoms with Crippen molar-refractivity contribution < 1.29 is 22.7 Å². The number of rotatable bonds is 11. The fourth-order valence-electron chi connectivity index (χ4n) is 3.34. The minimum absolute atomic E-state index is 0.0613. The molecule has 34 heavy (non-hydrogen) atoms. The summed E-state index contributed by atoms with van der Waals surface area (Å²) in [5.74, 6) is -0.128. The molecule has 0 aliphatic heterocycles. The average Bonchev–Trinajstić information content (AvgIpc) is 2.80. The summed E-state index contributed by atoms with van der Waals surface area (Å²) in [5.41, 5.74) is 8.86. The molecule has 1 atom stereocenters. The molecule has 0 saturated heterocycles. The van der Waals surface area contributed by atoms with Crippen molar-refractivity contribution in [2.75, 3.05) is 18.9 Å². The van der Waals surface area contributed by atoms with E-state index in [2.05, 4.69) is 11.6 Å². The second-order valence-corrected chi connectivity index (χ2v) is 9.93. The number of aromatic nitrogens is 1. The van der Waals surface area contributed by atoms with E-state index in [9.17, 15) is 8.96 Å². The maximum absolute atomic E-state index is 14.1. The van der Waals surface area contributed by atoms with Gasteiger partial charge in [0.2, 0.25) is 0 Å². The number of ether oxygens (including phenoxy) is 1. The molecule has 0 fully saturated rings. The third-order valence-electron chi connectivity index (χ3n) is 4.87. The van der Waals surface area contributed by atoms with Crippen LogP contribution in [0.4, 0.5) is 10.2 Å². The topological polar surface area (TPSA) is 83.7 Å². The first-order valence-electron chi connectivity index (χ1n) is 10.9. The highest BCUT2D eigenvalue weighted by Gasteiger charge is 2.26. The summed E-state index contributed by atoms with van der Waals surface area (Å²) in [6.07, 6.45) is 2.06. The summed E-state index contributed by atoms with van der Waals surface area (Å²) < 4.78 is 43.9. The third-order valence-corrected chi connectivity index (χ3v) is 7.38. The number of allylic oxidation sites excluding steroid dienone is 3. The number of hydrogen-bond donors (Lipinski definition) is 1. The average molecular weight is 509 g/mol. The first kappa shape index (κ1) is 27.8. The molecule has 184 valence electrons. The van der Waals surface area contributed by atoms with Crippen molar-refractivity contribution in [1.29, 1.82) is 0 Å². The number of nitrogens with two attached hydrogens (primary N) is 1. The summed E-state index contributed by atoms with van der Waals surface area (Å²) >= 11 is 6.22. The second-order valence-electron chi connectivity index (χ2n) is 7.53. The highest BCUT2D eigenvalue weighted by molar-refractivity contribution is 7.62. The molecule has 0 saturated carbocycles. The minimum Gasteiger partial charge on any atom is -0.482 e. The molecule has 0 amide bonds. The number of anilines is 1. The van der Waals surface area contributed by atoms with Gasteiger partial charge < -0.3 is 19.5 Å². The van der Waals surface area contributed by atoms with E-state index in [0.717, 1.165) is 22.8 Å². The number of benzene rings is 1. The number of pyridine rings is 1. The van der Waals surface area contributed by atoms with Crippen molar-refractivity contribution in [3.05, 3.63) is 71.2 Å². The Balaban J connectivity index is 2.38. The highest BCUT2D eigenvalue weighted by Crippen LogP contribution is 2.47. The lowest BCUT2D eigenvalue weighted by Crippen LogP contribution is -2.18. The van der Waals surface area contributed by atoms with Crippen LogP contribution in [-0.2, 0) is 13.6 Å². The summed E-state index contributed by atoms with van der Waals surface area (Å²) in [7, 11) is -3.38. The zero-order valence-electron chi connectivity index (χ0n) is 20.1. The molecule has 0 spiro atoms. The number of nitrogen functional groups attached to an aromatic ring is 1. The van der Waals surface area contributed by atoms with Crippen molar-refractivity contribution in [2.45, 2.75) is 40.7 Å². The third kappa shape index (κ3) is 6.57. The van der Waals surface area contributed by atoms with Gasteiger partial charge in [-0.25, -0.2) is 9.37 Å².